The summed E-state index contributed by atoms with van der Waals surface area (Å²) in [6, 6.07) is 7.26. The first-order valence-corrected chi connectivity index (χ1v) is 11.9. The lowest BCUT2D eigenvalue weighted by molar-refractivity contribution is -0.124. The summed E-state index contributed by atoms with van der Waals surface area (Å²) in [5.74, 6) is 1.31. The molecule has 0 heterocycles. The molecule has 2 aliphatic carbocycles. The first kappa shape index (κ1) is 22.6. The molecule has 0 unspecified atom stereocenters. The summed E-state index contributed by atoms with van der Waals surface area (Å²) < 4.78 is 0. The smallest absolute Gasteiger partial charge is 0.160 e. The van der Waals surface area contributed by atoms with Crippen molar-refractivity contribution >= 4 is 11.6 Å². The summed E-state index contributed by atoms with van der Waals surface area (Å²) >= 11 is 0. The largest absolute Gasteiger partial charge is 0.508 e. The van der Waals surface area contributed by atoms with Crippen LogP contribution in [0, 0.1) is 11.8 Å². The van der Waals surface area contributed by atoms with E-state index in [2.05, 4.69) is 4.90 Å². The lowest BCUT2D eigenvalue weighted by Gasteiger charge is -2.24. The Bertz CT molecular complexity index is 697. The van der Waals surface area contributed by atoms with Crippen molar-refractivity contribution in [3.8, 4) is 5.75 Å². The Kier molecular flexibility index (Phi) is 8.98. The van der Waals surface area contributed by atoms with Crippen molar-refractivity contribution in [2.24, 2.45) is 11.8 Å². The van der Waals surface area contributed by atoms with Gasteiger partial charge in [0, 0.05) is 37.5 Å². The van der Waals surface area contributed by atoms with Crippen LogP contribution in [0.4, 0.5) is 0 Å². The molecule has 2 fully saturated rings. The van der Waals surface area contributed by atoms with E-state index in [1.807, 2.05) is 18.3 Å². The number of rotatable bonds is 10. The standard InChI is InChI=1S/C26H37NO3/c28-24-13-11-21(12-14-24)15-18-27(19-16-25(29)22-7-3-1-4-8-22)20-17-26(30)23-9-5-2-6-10-23/h11-14,16,19,22-23,28H,1-10,15,17-18,20H2/b19-16+. The Morgan fingerprint density at radius 1 is 0.867 bits per heavy atom. The monoisotopic (exact) mass is 411 g/mol. The highest BCUT2D eigenvalue weighted by atomic mass is 16.3. The number of ketones is 2. The van der Waals surface area contributed by atoms with E-state index in [1.165, 1.54) is 25.7 Å². The van der Waals surface area contributed by atoms with Crippen LogP contribution < -0.4 is 0 Å². The second-order valence-electron chi connectivity index (χ2n) is 9.06. The molecule has 3 rings (SSSR count). The van der Waals surface area contributed by atoms with Crippen LogP contribution in [0.2, 0.25) is 0 Å². The molecular weight excluding hydrogens is 374 g/mol. The Labute approximate surface area is 181 Å². The Balaban J connectivity index is 1.56. The molecule has 1 aromatic rings. The number of allylic oxidation sites excluding steroid dienone is 1. The number of hydrogen-bond donors (Lipinski definition) is 1. The molecule has 2 aliphatic rings. The van der Waals surface area contributed by atoms with Gasteiger partial charge in [0.25, 0.3) is 0 Å². The van der Waals surface area contributed by atoms with E-state index in [4.69, 9.17) is 0 Å². The molecule has 0 aliphatic heterocycles. The number of phenolic OH excluding ortho intramolecular Hbond substituents is 1. The minimum atomic E-state index is 0.179. The van der Waals surface area contributed by atoms with Crippen molar-refractivity contribution in [2.45, 2.75) is 77.0 Å². The van der Waals surface area contributed by atoms with Gasteiger partial charge in [-0.3, -0.25) is 9.59 Å². The van der Waals surface area contributed by atoms with Crippen LogP contribution in [0.15, 0.2) is 36.5 Å². The number of carbonyl (C=O) groups excluding carboxylic acids is 2. The fraction of sp³-hybridized carbons (Fsp3) is 0.615. The van der Waals surface area contributed by atoms with Crippen molar-refractivity contribution in [3.63, 3.8) is 0 Å². The summed E-state index contributed by atoms with van der Waals surface area (Å²) in [4.78, 5) is 27.4. The molecule has 0 radical (unpaired) electrons. The molecule has 30 heavy (non-hydrogen) atoms. The molecule has 0 spiro atoms. The van der Waals surface area contributed by atoms with E-state index in [1.54, 1.807) is 18.2 Å². The number of hydrogen-bond acceptors (Lipinski definition) is 4. The van der Waals surface area contributed by atoms with Crippen LogP contribution in [0.1, 0.15) is 76.2 Å². The van der Waals surface area contributed by atoms with Gasteiger partial charge < -0.3 is 10.0 Å². The van der Waals surface area contributed by atoms with Crippen LogP contribution in [0.3, 0.4) is 0 Å². The van der Waals surface area contributed by atoms with E-state index < -0.39 is 0 Å². The number of phenols is 1. The first-order chi connectivity index (χ1) is 14.6. The van der Waals surface area contributed by atoms with Crippen molar-refractivity contribution in [1.29, 1.82) is 0 Å². The van der Waals surface area contributed by atoms with Gasteiger partial charge in [-0.05, 0) is 55.9 Å². The summed E-state index contributed by atoms with van der Waals surface area (Å²) in [6.07, 6.45) is 16.3. The van der Waals surface area contributed by atoms with Crippen LogP contribution in [0.5, 0.6) is 5.75 Å². The summed E-state index contributed by atoms with van der Waals surface area (Å²) in [6.45, 7) is 1.43. The van der Waals surface area contributed by atoms with E-state index in [0.29, 0.717) is 18.7 Å². The number of Topliss-reactive ketones (excluding diaryl/α,β-unsaturated/α-hetero) is 1. The summed E-state index contributed by atoms with van der Waals surface area (Å²) in [5.41, 5.74) is 1.14. The number of aromatic hydroxyl groups is 1. The van der Waals surface area contributed by atoms with Gasteiger partial charge in [-0.2, -0.15) is 0 Å². The maximum absolute atomic E-state index is 12.7. The van der Waals surface area contributed by atoms with E-state index in [-0.39, 0.29) is 23.4 Å². The minimum absolute atomic E-state index is 0.179. The Morgan fingerprint density at radius 2 is 1.47 bits per heavy atom. The predicted octanol–water partition coefficient (Wildman–Crippen LogP) is 5.44. The fourth-order valence-electron chi connectivity index (χ4n) is 4.78. The third-order valence-corrected chi connectivity index (χ3v) is 6.79. The van der Waals surface area contributed by atoms with E-state index >= 15 is 0 Å². The van der Waals surface area contributed by atoms with Crippen molar-refractivity contribution in [3.05, 3.63) is 42.1 Å². The molecule has 0 bridgehead atoms. The molecule has 1 N–H and O–H groups in total. The number of nitrogens with zero attached hydrogens (tertiary/aromatic N) is 1. The molecule has 4 nitrogen and oxygen atoms in total. The second kappa shape index (κ2) is 11.9. The van der Waals surface area contributed by atoms with Gasteiger partial charge in [-0.1, -0.05) is 50.7 Å². The molecule has 0 atom stereocenters. The lowest BCUT2D eigenvalue weighted by Crippen LogP contribution is -2.27. The number of carbonyl (C=O) groups is 2. The molecule has 0 saturated heterocycles. The van der Waals surface area contributed by atoms with Gasteiger partial charge in [0.05, 0.1) is 0 Å². The van der Waals surface area contributed by atoms with Gasteiger partial charge in [0.2, 0.25) is 0 Å². The van der Waals surface area contributed by atoms with Gasteiger partial charge >= 0.3 is 0 Å². The average Bonchev–Trinajstić information content (AvgIpc) is 2.80. The highest BCUT2D eigenvalue weighted by Gasteiger charge is 2.22. The molecule has 4 heteroatoms. The minimum Gasteiger partial charge on any atom is -0.508 e. The quantitative estimate of drug-likeness (QED) is 0.521. The van der Waals surface area contributed by atoms with Gasteiger partial charge in [-0.25, -0.2) is 0 Å². The zero-order valence-electron chi connectivity index (χ0n) is 18.2. The van der Waals surface area contributed by atoms with Crippen LogP contribution in [-0.4, -0.2) is 34.7 Å². The zero-order valence-corrected chi connectivity index (χ0v) is 18.2. The van der Waals surface area contributed by atoms with E-state index in [0.717, 1.165) is 57.1 Å². The predicted molar refractivity (Wildman–Crippen MR) is 120 cm³/mol. The van der Waals surface area contributed by atoms with Crippen molar-refractivity contribution in [2.75, 3.05) is 13.1 Å². The van der Waals surface area contributed by atoms with Crippen molar-refractivity contribution < 1.29 is 14.7 Å². The first-order valence-electron chi connectivity index (χ1n) is 11.9. The topological polar surface area (TPSA) is 57.6 Å². The van der Waals surface area contributed by atoms with E-state index in [9.17, 15) is 14.7 Å². The molecule has 164 valence electrons. The molecule has 1 aromatic carbocycles. The second-order valence-corrected chi connectivity index (χ2v) is 9.06. The average molecular weight is 412 g/mol. The highest BCUT2D eigenvalue weighted by Crippen LogP contribution is 2.26. The summed E-state index contributed by atoms with van der Waals surface area (Å²) in [7, 11) is 0. The van der Waals surface area contributed by atoms with Crippen LogP contribution in [0.25, 0.3) is 0 Å². The molecule has 0 amide bonds. The Hall–Kier alpha value is -2.10. The fourth-order valence-corrected chi connectivity index (χ4v) is 4.78. The lowest BCUT2D eigenvalue weighted by atomic mass is 9.85. The van der Waals surface area contributed by atoms with Crippen LogP contribution >= 0.6 is 0 Å². The molecule has 0 aromatic heterocycles. The highest BCUT2D eigenvalue weighted by molar-refractivity contribution is 5.91. The summed E-state index contributed by atoms with van der Waals surface area (Å²) in [5, 5.41) is 9.48. The van der Waals surface area contributed by atoms with Gasteiger partial charge in [0.15, 0.2) is 5.78 Å². The third-order valence-electron chi connectivity index (χ3n) is 6.79. The molecular formula is C26H37NO3. The van der Waals surface area contributed by atoms with Crippen molar-refractivity contribution in [1.82, 2.24) is 4.90 Å². The number of benzene rings is 1. The Morgan fingerprint density at radius 3 is 2.10 bits per heavy atom. The maximum Gasteiger partial charge on any atom is 0.160 e. The van der Waals surface area contributed by atoms with Gasteiger partial charge in [0.1, 0.15) is 11.5 Å². The van der Waals surface area contributed by atoms with Crippen LogP contribution in [-0.2, 0) is 16.0 Å². The normalized spacial score (nSPS) is 18.5. The zero-order chi connectivity index (χ0) is 21.2. The SMILES string of the molecule is O=C(/C=C/N(CCC(=O)C1CCCCC1)CCc1ccc(O)cc1)C1CCCCC1. The third kappa shape index (κ3) is 7.30. The molecule has 2 saturated carbocycles. The van der Waals surface area contributed by atoms with Gasteiger partial charge in [-0.15, -0.1) is 0 Å². The maximum atomic E-state index is 12.7.